The van der Waals surface area contributed by atoms with Crippen molar-refractivity contribution >= 4 is 0 Å². The number of ether oxygens (including phenoxy) is 1. The number of nitriles is 1. The molecular formula is C11H8N4O. The first-order valence-electron chi connectivity index (χ1n) is 4.62. The lowest BCUT2D eigenvalue weighted by Crippen LogP contribution is -1.95. The maximum absolute atomic E-state index is 8.72. The van der Waals surface area contributed by atoms with Gasteiger partial charge in [-0.05, 0) is 25.1 Å². The van der Waals surface area contributed by atoms with Gasteiger partial charge in [0.05, 0.1) is 23.5 Å². The van der Waals surface area contributed by atoms with Crippen molar-refractivity contribution in [1.82, 2.24) is 15.2 Å². The molecule has 2 rings (SSSR count). The SMILES string of the molecule is Cc1cnnc(Oc2cccc(C#N)c2)n1. The number of hydrogen-bond donors (Lipinski definition) is 0. The number of nitrogens with zero attached hydrogens (tertiary/aromatic N) is 4. The largest absolute Gasteiger partial charge is 0.423 e. The Morgan fingerprint density at radius 2 is 2.25 bits per heavy atom. The van der Waals surface area contributed by atoms with Crippen LogP contribution in [0.4, 0.5) is 0 Å². The standard InChI is InChI=1S/C11H8N4O/c1-8-7-13-15-11(14-8)16-10-4-2-3-9(5-10)6-12/h2-5,7H,1H3. The third-order valence-corrected chi connectivity index (χ3v) is 1.83. The van der Waals surface area contributed by atoms with Crippen LogP contribution in [-0.2, 0) is 0 Å². The summed E-state index contributed by atoms with van der Waals surface area (Å²) in [6.45, 7) is 1.80. The van der Waals surface area contributed by atoms with Crippen LogP contribution in [0, 0.1) is 18.3 Å². The molecule has 78 valence electrons. The zero-order valence-electron chi connectivity index (χ0n) is 8.58. The van der Waals surface area contributed by atoms with Gasteiger partial charge in [0.25, 0.3) is 0 Å². The highest BCUT2D eigenvalue weighted by atomic mass is 16.5. The Bertz CT molecular complexity index is 548. The molecular weight excluding hydrogens is 204 g/mol. The van der Waals surface area contributed by atoms with Gasteiger partial charge in [-0.25, -0.2) is 0 Å². The van der Waals surface area contributed by atoms with E-state index in [-0.39, 0.29) is 6.01 Å². The normalized spacial score (nSPS) is 9.50. The third kappa shape index (κ3) is 2.30. The molecule has 0 amide bonds. The Morgan fingerprint density at radius 3 is 3.00 bits per heavy atom. The van der Waals surface area contributed by atoms with Crippen molar-refractivity contribution in [3.05, 3.63) is 41.7 Å². The summed E-state index contributed by atoms with van der Waals surface area (Å²) in [7, 11) is 0. The first kappa shape index (κ1) is 10.1. The number of aromatic nitrogens is 3. The molecule has 0 fully saturated rings. The molecule has 0 aliphatic heterocycles. The van der Waals surface area contributed by atoms with E-state index in [0.717, 1.165) is 5.69 Å². The second kappa shape index (κ2) is 4.36. The van der Waals surface area contributed by atoms with Gasteiger partial charge in [0.2, 0.25) is 0 Å². The quantitative estimate of drug-likeness (QED) is 0.759. The molecule has 0 saturated carbocycles. The lowest BCUT2D eigenvalue weighted by Gasteiger charge is -2.02. The third-order valence-electron chi connectivity index (χ3n) is 1.83. The maximum atomic E-state index is 8.72. The topological polar surface area (TPSA) is 71.7 Å². The van der Waals surface area contributed by atoms with Crippen molar-refractivity contribution in [2.24, 2.45) is 0 Å². The number of benzene rings is 1. The molecule has 2 aromatic rings. The van der Waals surface area contributed by atoms with Crippen LogP contribution < -0.4 is 4.74 Å². The van der Waals surface area contributed by atoms with Crippen LogP contribution in [-0.4, -0.2) is 15.2 Å². The summed E-state index contributed by atoms with van der Waals surface area (Å²) >= 11 is 0. The summed E-state index contributed by atoms with van der Waals surface area (Å²) in [5, 5.41) is 16.2. The monoisotopic (exact) mass is 212 g/mol. The van der Waals surface area contributed by atoms with Crippen molar-refractivity contribution in [1.29, 1.82) is 5.26 Å². The Kier molecular flexibility index (Phi) is 2.74. The molecule has 0 aliphatic carbocycles. The van der Waals surface area contributed by atoms with Crippen LogP contribution in [0.5, 0.6) is 11.8 Å². The molecule has 0 saturated heterocycles. The van der Waals surface area contributed by atoms with E-state index in [9.17, 15) is 0 Å². The van der Waals surface area contributed by atoms with E-state index in [1.165, 1.54) is 0 Å². The lowest BCUT2D eigenvalue weighted by atomic mass is 10.2. The van der Waals surface area contributed by atoms with E-state index in [4.69, 9.17) is 10.00 Å². The molecule has 0 aliphatic rings. The average Bonchev–Trinajstić information content (AvgIpc) is 2.29. The van der Waals surface area contributed by atoms with Gasteiger partial charge in [0.1, 0.15) is 5.75 Å². The molecule has 1 heterocycles. The minimum atomic E-state index is 0.176. The van der Waals surface area contributed by atoms with Gasteiger partial charge < -0.3 is 4.74 Å². The molecule has 1 aromatic carbocycles. The first-order valence-corrected chi connectivity index (χ1v) is 4.62. The highest BCUT2D eigenvalue weighted by Gasteiger charge is 2.01. The predicted octanol–water partition coefficient (Wildman–Crippen LogP) is 1.84. The fourth-order valence-corrected chi connectivity index (χ4v) is 1.14. The molecule has 16 heavy (non-hydrogen) atoms. The number of hydrogen-bond acceptors (Lipinski definition) is 5. The van der Waals surface area contributed by atoms with Gasteiger partial charge in [0.15, 0.2) is 0 Å². The van der Waals surface area contributed by atoms with Crippen LogP contribution in [0.3, 0.4) is 0 Å². The molecule has 0 spiro atoms. The van der Waals surface area contributed by atoms with Crippen molar-refractivity contribution < 1.29 is 4.74 Å². The Balaban J connectivity index is 2.24. The Morgan fingerprint density at radius 1 is 1.38 bits per heavy atom. The van der Waals surface area contributed by atoms with E-state index < -0.39 is 0 Å². The van der Waals surface area contributed by atoms with E-state index >= 15 is 0 Å². The molecule has 1 aromatic heterocycles. The summed E-state index contributed by atoms with van der Waals surface area (Å²) in [4.78, 5) is 4.05. The molecule has 0 N–H and O–H groups in total. The van der Waals surface area contributed by atoms with Crippen LogP contribution in [0.2, 0.25) is 0 Å². The van der Waals surface area contributed by atoms with E-state index in [0.29, 0.717) is 11.3 Å². The van der Waals surface area contributed by atoms with Gasteiger partial charge in [-0.2, -0.15) is 15.3 Å². The molecule has 0 bridgehead atoms. The van der Waals surface area contributed by atoms with E-state index in [1.54, 1.807) is 37.4 Å². The van der Waals surface area contributed by atoms with Gasteiger partial charge in [0, 0.05) is 0 Å². The van der Waals surface area contributed by atoms with Gasteiger partial charge >= 0.3 is 6.01 Å². The van der Waals surface area contributed by atoms with Crippen molar-refractivity contribution in [3.8, 4) is 17.8 Å². The number of rotatable bonds is 2. The van der Waals surface area contributed by atoms with Gasteiger partial charge in [-0.3, -0.25) is 0 Å². The van der Waals surface area contributed by atoms with Crippen molar-refractivity contribution in [3.63, 3.8) is 0 Å². The summed E-state index contributed by atoms with van der Waals surface area (Å²) < 4.78 is 5.37. The first-order chi connectivity index (χ1) is 7.78. The van der Waals surface area contributed by atoms with Gasteiger partial charge in [-0.15, -0.1) is 0 Å². The molecule has 5 nitrogen and oxygen atoms in total. The van der Waals surface area contributed by atoms with Crippen LogP contribution in [0.15, 0.2) is 30.5 Å². The zero-order chi connectivity index (χ0) is 11.4. The van der Waals surface area contributed by atoms with Crippen LogP contribution in [0.1, 0.15) is 11.3 Å². The second-order valence-corrected chi connectivity index (χ2v) is 3.12. The number of aryl methyl sites for hydroxylation is 1. The molecule has 0 atom stereocenters. The fraction of sp³-hybridized carbons (Fsp3) is 0.0909. The molecule has 0 unspecified atom stereocenters. The van der Waals surface area contributed by atoms with Crippen LogP contribution in [0.25, 0.3) is 0 Å². The van der Waals surface area contributed by atoms with Crippen LogP contribution >= 0.6 is 0 Å². The van der Waals surface area contributed by atoms with Crippen molar-refractivity contribution in [2.45, 2.75) is 6.92 Å². The Labute approximate surface area is 92.4 Å². The smallest absolute Gasteiger partial charge is 0.341 e. The average molecular weight is 212 g/mol. The zero-order valence-corrected chi connectivity index (χ0v) is 8.58. The predicted molar refractivity (Wildman–Crippen MR) is 55.8 cm³/mol. The summed E-state index contributed by atoms with van der Waals surface area (Å²) in [5.74, 6) is 0.520. The minimum Gasteiger partial charge on any atom is -0.423 e. The molecule has 0 radical (unpaired) electrons. The second-order valence-electron chi connectivity index (χ2n) is 3.12. The fourth-order valence-electron chi connectivity index (χ4n) is 1.14. The highest BCUT2D eigenvalue weighted by molar-refractivity contribution is 5.37. The highest BCUT2D eigenvalue weighted by Crippen LogP contribution is 2.17. The molecule has 5 heteroatoms. The summed E-state index contributed by atoms with van der Waals surface area (Å²) in [6, 6.07) is 8.98. The summed E-state index contributed by atoms with van der Waals surface area (Å²) in [5.41, 5.74) is 1.25. The van der Waals surface area contributed by atoms with Gasteiger partial charge in [-0.1, -0.05) is 11.2 Å². The van der Waals surface area contributed by atoms with E-state index in [2.05, 4.69) is 15.2 Å². The Hall–Kier alpha value is -2.48. The van der Waals surface area contributed by atoms with Crippen molar-refractivity contribution in [2.75, 3.05) is 0 Å². The van der Waals surface area contributed by atoms with E-state index in [1.807, 2.05) is 6.07 Å². The summed E-state index contributed by atoms with van der Waals surface area (Å²) in [6.07, 6.45) is 1.54. The maximum Gasteiger partial charge on any atom is 0.341 e. The minimum absolute atomic E-state index is 0.176. The lowest BCUT2D eigenvalue weighted by molar-refractivity contribution is 0.431.